The normalized spacial score (nSPS) is 19.7. The Labute approximate surface area is 161 Å². The first-order valence-electron chi connectivity index (χ1n) is 9.07. The molecule has 5 nitrogen and oxygen atoms in total. The van der Waals surface area contributed by atoms with Crippen molar-refractivity contribution in [3.8, 4) is 0 Å². The summed E-state index contributed by atoms with van der Waals surface area (Å²) >= 11 is 1.52. The number of amides is 1. The van der Waals surface area contributed by atoms with E-state index >= 15 is 0 Å². The van der Waals surface area contributed by atoms with Gasteiger partial charge in [0.05, 0.1) is 21.6 Å². The minimum atomic E-state index is -0.678. The molecule has 4 rings (SSSR count). The van der Waals surface area contributed by atoms with Crippen LogP contribution in [0, 0.1) is 5.92 Å². The highest BCUT2D eigenvalue weighted by atomic mass is 32.1. The summed E-state index contributed by atoms with van der Waals surface area (Å²) in [5.74, 6) is -0.613. The number of nitrogens with zero attached hydrogens (tertiary/aromatic N) is 1. The topological polar surface area (TPSA) is 79.3 Å². The highest BCUT2D eigenvalue weighted by Gasteiger charge is 2.26. The molecule has 0 spiro atoms. The number of carbonyl (C=O) groups is 2. The molecule has 3 aromatic rings. The van der Waals surface area contributed by atoms with Crippen molar-refractivity contribution < 1.29 is 14.7 Å². The van der Waals surface area contributed by atoms with Crippen LogP contribution in [0.5, 0.6) is 0 Å². The largest absolute Gasteiger partial charge is 0.481 e. The van der Waals surface area contributed by atoms with Crippen LogP contribution in [0.1, 0.15) is 47.5 Å². The van der Waals surface area contributed by atoms with E-state index in [4.69, 9.17) is 5.11 Å². The minimum Gasteiger partial charge on any atom is -0.481 e. The van der Waals surface area contributed by atoms with E-state index in [-0.39, 0.29) is 11.8 Å². The zero-order valence-corrected chi connectivity index (χ0v) is 15.5. The molecular formula is C21H20N2O3S. The van der Waals surface area contributed by atoms with Gasteiger partial charge in [0.25, 0.3) is 5.91 Å². The van der Waals surface area contributed by atoms with Gasteiger partial charge in [-0.2, -0.15) is 0 Å². The molecule has 1 amide bonds. The third kappa shape index (κ3) is 3.85. The fourth-order valence-corrected chi connectivity index (χ4v) is 4.43. The molecule has 1 saturated carbocycles. The molecule has 0 radical (unpaired) electrons. The van der Waals surface area contributed by atoms with E-state index in [2.05, 4.69) is 10.3 Å². The van der Waals surface area contributed by atoms with Gasteiger partial charge in [0.15, 0.2) is 0 Å². The van der Waals surface area contributed by atoms with Crippen LogP contribution >= 0.6 is 11.3 Å². The van der Waals surface area contributed by atoms with Crippen molar-refractivity contribution in [3.05, 3.63) is 59.1 Å². The molecule has 1 aromatic heterocycles. The highest BCUT2D eigenvalue weighted by molar-refractivity contribution is 7.16. The average molecular weight is 380 g/mol. The fourth-order valence-electron chi connectivity index (χ4n) is 3.71. The van der Waals surface area contributed by atoms with Crippen LogP contribution in [0.15, 0.2) is 48.0 Å². The van der Waals surface area contributed by atoms with Gasteiger partial charge in [0.2, 0.25) is 0 Å². The molecule has 0 bridgehead atoms. The summed E-state index contributed by atoms with van der Waals surface area (Å²) in [6.45, 7) is 0. The summed E-state index contributed by atoms with van der Waals surface area (Å²) < 4.78 is 0.995. The van der Waals surface area contributed by atoms with Crippen LogP contribution in [-0.2, 0) is 4.79 Å². The lowest BCUT2D eigenvalue weighted by Gasteiger charge is -2.26. The first kappa shape index (κ1) is 17.7. The maximum atomic E-state index is 12.5. The Morgan fingerprint density at radius 1 is 1.04 bits per heavy atom. The molecule has 1 fully saturated rings. The first-order chi connectivity index (χ1) is 13.1. The number of nitrogens with one attached hydrogen (secondary N) is 1. The second-order valence-corrected chi connectivity index (χ2v) is 7.88. The number of rotatable bonds is 4. The zero-order valence-electron chi connectivity index (χ0n) is 14.7. The summed E-state index contributed by atoms with van der Waals surface area (Å²) in [5, 5.41) is 12.0. The Hall–Kier alpha value is -2.73. The Kier molecular flexibility index (Phi) is 4.90. The summed E-state index contributed by atoms with van der Waals surface area (Å²) in [6, 6.07) is 13.4. The molecule has 1 aliphatic rings. The SMILES string of the molecule is O=C(Nc1ccc(C2CCC(C(=O)O)CC2)cc1)c1ccc2ncsc2c1. The van der Waals surface area contributed by atoms with Crippen LogP contribution in [0.25, 0.3) is 10.2 Å². The standard InChI is InChI=1S/C21H20N2O3S/c24-20(16-7-10-18-19(11-16)27-12-22-18)23-17-8-5-14(6-9-17)13-1-3-15(4-2-13)21(25)26/h5-13,15H,1-4H2,(H,23,24)(H,25,26). The third-order valence-electron chi connectivity index (χ3n) is 5.31. The van der Waals surface area contributed by atoms with E-state index in [0.29, 0.717) is 11.5 Å². The number of carboxylic acids is 1. The van der Waals surface area contributed by atoms with Gasteiger partial charge in [0.1, 0.15) is 0 Å². The van der Waals surface area contributed by atoms with E-state index in [1.807, 2.05) is 36.4 Å². The number of aliphatic carboxylic acids is 1. The second kappa shape index (κ2) is 7.48. The minimum absolute atomic E-state index is 0.139. The lowest BCUT2D eigenvalue weighted by atomic mass is 9.79. The summed E-state index contributed by atoms with van der Waals surface area (Å²) in [4.78, 5) is 27.8. The summed E-state index contributed by atoms with van der Waals surface area (Å²) in [6.07, 6.45) is 3.27. The van der Waals surface area contributed by atoms with Crippen molar-refractivity contribution in [2.45, 2.75) is 31.6 Å². The second-order valence-electron chi connectivity index (χ2n) is 7.00. The lowest BCUT2D eigenvalue weighted by Crippen LogP contribution is -2.20. The first-order valence-corrected chi connectivity index (χ1v) is 9.95. The van der Waals surface area contributed by atoms with Crippen molar-refractivity contribution in [2.24, 2.45) is 5.92 Å². The number of thiazole rings is 1. The quantitative estimate of drug-likeness (QED) is 0.674. The molecule has 0 atom stereocenters. The molecule has 1 heterocycles. The van der Waals surface area contributed by atoms with Crippen LogP contribution in [0.2, 0.25) is 0 Å². The number of aromatic nitrogens is 1. The summed E-state index contributed by atoms with van der Waals surface area (Å²) in [7, 11) is 0. The number of hydrogen-bond donors (Lipinski definition) is 2. The molecule has 0 unspecified atom stereocenters. The number of hydrogen-bond acceptors (Lipinski definition) is 4. The number of carbonyl (C=O) groups excluding carboxylic acids is 1. The predicted molar refractivity (Wildman–Crippen MR) is 106 cm³/mol. The maximum absolute atomic E-state index is 12.5. The van der Waals surface area contributed by atoms with Gasteiger partial charge in [-0.05, 0) is 67.5 Å². The Morgan fingerprint density at radius 2 is 1.78 bits per heavy atom. The molecule has 1 aliphatic carbocycles. The van der Waals surface area contributed by atoms with Crippen LogP contribution in [0.3, 0.4) is 0 Å². The molecule has 6 heteroatoms. The van der Waals surface area contributed by atoms with Crippen LogP contribution in [0.4, 0.5) is 5.69 Å². The predicted octanol–water partition coefficient (Wildman–Crippen LogP) is 4.91. The number of anilines is 1. The van der Waals surface area contributed by atoms with Crippen LogP contribution < -0.4 is 5.32 Å². The van der Waals surface area contributed by atoms with E-state index in [1.165, 1.54) is 16.9 Å². The smallest absolute Gasteiger partial charge is 0.306 e. The summed E-state index contributed by atoms with van der Waals surface area (Å²) in [5.41, 5.74) is 5.26. The average Bonchev–Trinajstić information content (AvgIpc) is 3.16. The maximum Gasteiger partial charge on any atom is 0.306 e. The monoisotopic (exact) mass is 380 g/mol. The van der Waals surface area contributed by atoms with Gasteiger partial charge in [0, 0.05) is 11.3 Å². The molecule has 0 saturated heterocycles. The molecule has 0 aliphatic heterocycles. The van der Waals surface area contributed by atoms with Gasteiger partial charge >= 0.3 is 5.97 Å². The van der Waals surface area contributed by atoms with Crippen molar-refractivity contribution in [1.29, 1.82) is 0 Å². The van der Waals surface area contributed by atoms with Gasteiger partial charge in [-0.1, -0.05) is 12.1 Å². The van der Waals surface area contributed by atoms with E-state index in [9.17, 15) is 9.59 Å². The van der Waals surface area contributed by atoms with Gasteiger partial charge in [-0.3, -0.25) is 9.59 Å². The molecule has 138 valence electrons. The number of benzene rings is 2. The Balaban J connectivity index is 1.40. The zero-order chi connectivity index (χ0) is 18.8. The fraction of sp³-hybridized carbons (Fsp3) is 0.286. The molecule has 2 aromatic carbocycles. The molecule has 2 N–H and O–H groups in total. The van der Waals surface area contributed by atoms with Crippen molar-refractivity contribution in [2.75, 3.05) is 5.32 Å². The Bertz CT molecular complexity index is 973. The Morgan fingerprint density at radius 3 is 2.48 bits per heavy atom. The van der Waals surface area contributed by atoms with Crippen molar-refractivity contribution >= 4 is 39.1 Å². The van der Waals surface area contributed by atoms with Gasteiger partial charge < -0.3 is 10.4 Å². The number of carboxylic acid groups (broad SMARTS) is 1. The molecular weight excluding hydrogens is 360 g/mol. The van der Waals surface area contributed by atoms with Gasteiger partial charge in [-0.25, -0.2) is 4.98 Å². The van der Waals surface area contributed by atoms with Crippen LogP contribution in [-0.4, -0.2) is 22.0 Å². The van der Waals surface area contributed by atoms with E-state index < -0.39 is 5.97 Å². The van der Waals surface area contributed by atoms with Crippen molar-refractivity contribution in [3.63, 3.8) is 0 Å². The highest BCUT2D eigenvalue weighted by Crippen LogP contribution is 2.36. The lowest BCUT2D eigenvalue weighted by molar-refractivity contribution is -0.142. The third-order valence-corrected chi connectivity index (χ3v) is 6.10. The van der Waals surface area contributed by atoms with E-state index in [0.717, 1.165) is 41.6 Å². The number of fused-ring (bicyclic) bond motifs is 1. The van der Waals surface area contributed by atoms with Gasteiger partial charge in [-0.15, -0.1) is 11.3 Å². The van der Waals surface area contributed by atoms with E-state index in [1.54, 1.807) is 11.6 Å². The molecule has 27 heavy (non-hydrogen) atoms. The van der Waals surface area contributed by atoms with Crippen molar-refractivity contribution in [1.82, 2.24) is 4.98 Å².